The largest absolute Gasteiger partial charge is 0.486 e. The lowest BCUT2D eigenvalue weighted by Gasteiger charge is -2.25. The lowest BCUT2D eigenvalue weighted by molar-refractivity contribution is 0.107. The van der Waals surface area contributed by atoms with Crippen molar-refractivity contribution in [2.24, 2.45) is 14.1 Å². The molecule has 0 bridgehead atoms. The van der Waals surface area contributed by atoms with Crippen LogP contribution in [-0.4, -0.2) is 37.6 Å². The molecule has 1 aliphatic rings. The highest BCUT2D eigenvalue weighted by molar-refractivity contribution is 7.99. The van der Waals surface area contributed by atoms with E-state index in [1.165, 1.54) is 23.4 Å². The fourth-order valence-electron chi connectivity index (χ4n) is 2.69. The van der Waals surface area contributed by atoms with Gasteiger partial charge in [-0.05, 0) is 12.1 Å². The van der Waals surface area contributed by atoms with Crippen LogP contribution in [-0.2, 0) is 14.1 Å². The summed E-state index contributed by atoms with van der Waals surface area (Å²) in [5.74, 6) is 2.06. The van der Waals surface area contributed by atoms with Gasteiger partial charge < -0.3 is 14.5 Å². The molecule has 2 aromatic heterocycles. The van der Waals surface area contributed by atoms with Gasteiger partial charge in [0.2, 0.25) is 0 Å². The minimum atomic E-state index is -0.402. The molecule has 1 atom stereocenters. The molecule has 0 fully saturated rings. The number of H-pyrrole nitrogens is 1. The number of aromatic amines is 1. The van der Waals surface area contributed by atoms with Crippen molar-refractivity contribution in [2.45, 2.75) is 11.3 Å². The molecule has 1 aromatic carbocycles. The first-order valence-electron chi connectivity index (χ1n) is 7.71. The van der Waals surface area contributed by atoms with E-state index in [9.17, 15) is 9.59 Å². The third-order valence-electron chi connectivity index (χ3n) is 4.05. The predicted molar refractivity (Wildman–Crippen MR) is 93.7 cm³/mol. The summed E-state index contributed by atoms with van der Waals surface area (Å²) in [6.45, 7) is 0.449. The van der Waals surface area contributed by atoms with Gasteiger partial charge in [-0.3, -0.25) is 13.9 Å². The summed E-state index contributed by atoms with van der Waals surface area (Å²) in [5.41, 5.74) is -0.121. The maximum atomic E-state index is 12.2. The third kappa shape index (κ3) is 2.70. The highest BCUT2D eigenvalue weighted by Crippen LogP contribution is 2.32. The van der Waals surface area contributed by atoms with E-state index in [1.54, 1.807) is 7.05 Å². The third-order valence-corrected chi connectivity index (χ3v) is 5.05. The van der Waals surface area contributed by atoms with E-state index in [0.717, 1.165) is 16.1 Å². The van der Waals surface area contributed by atoms with E-state index < -0.39 is 5.69 Å². The number of aromatic nitrogens is 4. The van der Waals surface area contributed by atoms with E-state index in [4.69, 9.17) is 9.47 Å². The zero-order chi connectivity index (χ0) is 17.6. The molecule has 0 saturated carbocycles. The zero-order valence-electron chi connectivity index (χ0n) is 13.7. The smallest absolute Gasteiger partial charge is 0.332 e. The molecule has 9 heteroatoms. The van der Waals surface area contributed by atoms with E-state index in [0.29, 0.717) is 28.7 Å². The van der Waals surface area contributed by atoms with Gasteiger partial charge in [0.1, 0.15) is 12.7 Å². The lowest BCUT2D eigenvalue weighted by atomic mass is 10.3. The molecule has 1 aliphatic heterocycles. The number of hydrogen-bond donors (Lipinski definition) is 1. The Hall–Kier alpha value is -2.68. The van der Waals surface area contributed by atoms with Crippen molar-refractivity contribution < 1.29 is 9.47 Å². The monoisotopic (exact) mass is 360 g/mol. The van der Waals surface area contributed by atoms with Gasteiger partial charge in [-0.2, -0.15) is 0 Å². The minimum absolute atomic E-state index is 0.125. The molecule has 0 unspecified atom stereocenters. The summed E-state index contributed by atoms with van der Waals surface area (Å²) in [6.07, 6.45) is -0.125. The number of thioether (sulfide) groups is 1. The second-order valence-electron chi connectivity index (χ2n) is 5.75. The maximum absolute atomic E-state index is 12.2. The van der Waals surface area contributed by atoms with Gasteiger partial charge >= 0.3 is 5.69 Å². The van der Waals surface area contributed by atoms with Crippen LogP contribution in [0.25, 0.3) is 11.2 Å². The molecule has 8 nitrogen and oxygen atoms in total. The number of nitrogens with one attached hydrogen (secondary N) is 1. The Labute approximate surface area is 146 Å². The number of imidazole rings is 1. The van der Waals surface area contributed by atoms with Crippen LogP contribution < -0.4 is 20.7 Å². The van der Waals surface area contributed by atoms with Crippen molar-refractivity contribution in [3.05, 3.63) is 45.1 Å². The molecule has 0 amide bonds. The van der Waals surface area contributed by atoms with Crippen LogP contribution in [0.3, 0.4) is 0 Å². The highest BCUT2D eigenvalue weighted by Gasteiger charge is 2.22. The Morgan fingerprint density at radius 2 is 2.00 bits per heavy atom. The number of aryl methyl sites for hydroxylation is 1. The fourth-order valence-corrected chi connectivity index (χ4v) is 3.52. The van der Waals surface area contributed by atoms with E-state index in [-0.39, 0.29) is 11.7 Å². The summed E-state index contributed by atoms with van der Waals surface area (Å²) < 4.78 is 14.0. The second-order valence-corrected chi connectivity index (χ2v) is 6.76. The van der Waals surface area contributed by atoms with Crippen LogP contribution in [0, 0.1) is 0 Å². The molecular formula is C16H16N4O4S. The van der Waals surface area contributed by atoms with Gasteiger partial charge in [0, 0.05) is 19.8 Å². The van der Waals surface area contributed by atoms with E-state index in [2.05, 4.69) is 9.97 Å². The summed E-state index contributed by atoms with van der Waals surface area (Å²) in [6, 6.07) is 7.53. The number of para-hydroxylation sites is 2. The number of ether oxygens (including phenoxy) is 2. The summed E-state index contributed by atoms with van der Waals surface area (Å²) >= 11 is 1.42. The quantitative estimate of drug-likeness (QED) is 0.698. The molecule has 3 aromatic rings. The van der Waals surface area contributed by atoms with Crippen molar-refractivity contribution in [3.8, 4) is 11.5 Å². The maximum Gasteiger partial charge on any atom is 0.332 e. The molecule has 0 saturated heterocycles. The van der Waals surface area contributed by atoms with Crippen molar-refractivity contribution in [1.82, 2.24) is 19.1 Å². The van der Waals surface area contributed by atoms with Gasteiger partial charge in [-0.15, -0.1) is 0 Å². The van der Waals surface area contributed by atoms with Crippen LogP contribution in [0.5, 0.6) is 11.5 Å². The Morgan fingerprint density at radius 3 is 2.80 bits per heavy atom. The van der Waals surface area contributed by atoms with Gasteiger partial charge in [0.15, 0.2) is 27.8 Å². The van der Waals surface area contributed by atoms with E-state index >= 15 is 0 Å². The average Bonchev–Trinajstić information content (AvgIpc) is 3.07. The SMILES string of the molecule is Cn1c(=O)c2[nH]c(SC[C@H]3COc4ccccc4O3)nc2n(C)c1=O. The molecule has 0 aliphatic carbocycles. The van der Waals surface area contributed by atoms with Gasteiger partial charge in [-0.1, -0.05) is 23.9 Å². The molecule has 0 spiro atoms. The van der Waals surface area contributed by atoms with Crippen molar-refractivity contribution in [1.29, 1.82) is 0 Å². The summed E-state index contributed by atoms with van der Waals surface area (Å²) in [5, 5.41) is 0.566. The summed E-state index contributed by atoms with van der Waals surface area (Å²) in [4.78, 5) is 31.5. The number of benzene rings is 1. The molecule has 130 valence electrons. The summed E-state index contributed by atoms with van der Waals surface area (Å²) in [7, 11) is 3.04. The first-order valence-corrected chi connectivity index (χ1v) is 8.70. The second kappa shape index (κ2) is 5.99. The van der Waals surface area contributed by atoms with Crippen LogP contribution in [0.15, 0.2) is 39.0 Å². The van der Waals surface area contributed by atoms with Crippen LogP contribution in [0.2, 0.25) is 0 Å². The van der Waals surface area contributed by atoms with Gasteiger partial charge in [-0.25, -0.2) is 9.78 Å². The fraction of sp³-hybridized carbons (Fsp3) is 0.312. The zero-order valence-corrected chi connectivity index (χ0v) is 14.5. The molecule has 3 heterocycles. The number of rotatable bonds is 3. The molecular weight excluding hydrogens is 344 g/mol. The standard InChI is InChI=1S/C16H16N4O4S/c1-19-13-12(14(21)20(2)16(19)22)17-15(18-13)25-8-9-7-23-10-5-3-4-6-11(10)24-9/h3-6,9H,7-8H2,1-2H3,(H,17,18)/t9-/m1/s1. The highest BCUT2D eigenvalue weighted by atomic mass is 32.2. The molecule has 25 heavy (non-hydrogen) atoms. The van der Waals surface area contributed by atoms with Crippen molar-refractivity contribution in [2.75, 3.05) is 12.4 Å². The number of fused-ring (bicyclic) bond motifs is 2. The first-order chi connectivity index (χ1) is 12.0. The Morgan fingerprint density at radius 1 is 1.24 bits per heavy atom. The van der Waals surface area contributed by atoms with Crippen LogP contribution in [0.1, 0.15) is 0 Å². The van der Waals surface area contributed by atoms with E-state index in [1.807, 2.05) is 24.3 Å². The molecule has 4 rings (SSSR count). The topological polar surface area (TPSA) is 91.1 Å². The van der Waals surface area contributed by atoms with Crippen molar-refractivity contribution in [3.63, 3.8) is 0 Å². The average molecular weight is 360 g/mol. The first kappa shape index (κ1) is 15.8. The number of hydrogen-bond acceptors (Lipinski definition) is 6. The van der Waals surface area contributed by atoms with Crippen LogP contribution >= 0.6 is 11.8 Å². The normalized spacial score (nSPS) is 16.3. The van der Waals surface area contributed by atoms with Crippen LogP contribution in [0.4, 0.5) is 0 Å². The van der Waals surface area contributed by atoms with Gasteiger partial charge in [0.25, 0.3) is 5.56 Å². The Balaban J connectivity index is 1.55. The van der Waals surface area contributed by atoms with Crippen molar-refractivity contribution >= 4 is 22.9 Å². The Bertz CT molecular complexity index is 1070. The lowest BCUT2D eigenvalue weighted by Crippen LogP contribution is -2.36. The minimum Gasteiger partial charge on any atom is -0.486 e. The molecule has 1 N–H and O–H groups in total. The number of nitrogens with zero attached hydrogens (tertiary/aromatic N) is 3. The predicted octanol–water partition coefficient (Wildman–Crippen LogP) is 0.892. The Kier molecular flexibility index (Phi) is 3.79. The van der Waals surface area contributed by atoms with Gasteiger partial charge in [0.05, 0.1) is 0 Å². The molecule has 0 radical (unpaired) electrons.